The van der Waals surface area contributed by atoms with E-state index in [9.17, 15) is 27.9 Å². The Balaban J connectivity index is 1.79. The van der Waals surface area contributed by atoms with E-state index >= 15 is 0 Å². The molecule has 2 aliphatic rings. The normalized spacial score (nSPS) is 23.1. The van der Waals surface area contributed by atoms with Crippen molar-refractivity contribution in [3.05, 3.63) is 34.2 Å². The number of hydrogen-bond acceptors (Lipinski definition) is 5. The predicted octanol–water partition coefficient (Wildman–Crippen LogP) is 4.02. The summed E-state index contributed by atoms with van der Waals surface area (Å²) in [4.78, 5) is 25.6. The highest BCUT2D eigenvalue weighted by atomic mass is 32.2. The van der Waals surface area contributed by atoms with Crippen LogP contribution in [0.1, 0.15) is 30.4 Å². The first kappa shape index (κ1) is 18.8. The summed E-state index contributed by atoms with van der Waals surface area (Å²) < 4.78 is 44.2. The van der Waals surface area contributed by atoms with Crippen molar-refractivity contribution in [2.24, 2.45) is 0 Å². The molecule has 0 saturated carbocycles. The zero-order valence-electron chi connectivity index (χ0n) is 13.6. The quantitative estimate of drug-likeness (QED) is 0.794. The van der Waals surface area contributed by atoms with E-state index in [0.717, 1.165) is 36.3 Å². The van der Waals surface area contributed by atoms with Crippen LogP contribution in [-0.4, -0.2) is 40.4 Å². The lowest BCUT2D eigenvalue weighted by Gasteiger charge is -2.25. The molecule has 2 saturated heterocycles. The van der Waals surface area contributed by atoms with Crippen molar-refractivity contribution < 1.29 is 32.6 Å². The number of aromatic hydroxyl groups is 1. The van der Waals surface area contributed by atoms with Crippen LogP contribution in [0.15, 0.2) is 23.1 Å². The molecule has 0 aromatic heterocycles. The Morgan fingerprint density at radius 1 is 1.31 bits per heavy atom. The molecule has 1 aromatic carbocycles. The van der Waals surface area contributed by atoms with E-state index in [0.29, 0.717) is 18.4 Å². The van der Waals surface area contributed by atoms with Gasteiger partial charge in [0.25, 0.3) is 11.1 Å². The maximum atomic E-state index is 12.9. The van der Waals surface area contributed by atoms with Crippen LogP contribution in [0.2, 0.25) is 0 Å². The third-order valence-electron chi connectivity index (χ3n) is 4.16. The standard InChI is InChI=1S/C17H16F3NO4S/c18-17(19,20)12-7-10(4-5-13(12)22)8-14-15(23)21(16(24)26-14)9-11-3-1-2-6-25-11/h4-5,7-8,11,22H,1-3,6,9H2/b14-8+. The Kier molecular flexibility index (Phi) is 5.29. The molecular weight excluding hydrogens is 371 g/mol. The molecular formula is C17H16F3NO4S. The van der Waals surface area contributed by atoms with Gasteiger partial charge in [-0.3, -0.25) is 14.5 Å². The largest absolute Gasteiger partial charge is 0.507 e. The number of phenolic OH excluding ortho intramolecular Hbond substituents is 1. The molecule has 2 aliphatic heterocycles. The number of nitrogens with zero attached hydrogens (tertiary/aromatic N) is 1. The molecule has 26 heavy (non-hydrogen) atoms. The van der Waals surface area contributed by atoms with E-state index in [1.807, 2.05) is 0 Å². The second-order valence-electron chi connectivity index (χ2n) is 6.06. The molecule has 1 atom stereocenters. The van der Waals surface area contributed by atoms with Crippen molar-refractivity contribution in [1.29, 1.82) is 0 Å². The average Bonchev–Trinajstić information content (AvgIpc) is 2.84. The van der Waals surface area contributed by atoms with Crippen LogP contribution in [0, 0.1) is 0 Å². The van der Waals surface area contributed by atoms with Crippen LogP contribution in [0.4, 0.5) is 18.0 Å². The molecule has 2 heterocycles. The van der Waals surface area contributed by atoms with E-state index in [2.05, 4.69) is 0 Å². The maximum absolute atomic E-state index is 12.9. The molecule has 0 spiro atoms. The summed E-state index contributed by atoms with van der Waals surface area (Å²) in [5.41, 5.74) is -1.12. The number of carbonyl (C=O) groups excluding carboxylic acids is 2. The maximum Gasteiger partial charge on any atom is 0.419 e. The molecule has 0 radical (unpaired) electrons. The van der Waals surface area contributed by atoms with Gasteiger partial charge in [-0.2, -0.15) is 13.2 Å². The Hall–Kier alpha value is -2.00. The van der Waals surface area contributed by atoms with Gasteiger partial charge in [0, 0.05) is 6.61 Å². The van der Waals surface area contributed by atoms with Gasteiger partial charge in [0.1, 0.15) is 5.75 Å². The number of thioether (sulfide) groups is 1. The minimum absolute atomic E-state index is 0.0459. The zero-order valence-corrected chi connectivity index (χ0v) is 14.4. The van der Waals surface area contributed by atoms with Gasteiger partial charge in [-0.25, -0.2) is 0 Å². The number of carbonyl (C=O) groups is 2. The van der Waals surface area contributed by atoms with Gasteiger partial charge in [-0.05, 0) is 54.8 Å². The fraction of sp³-hybridized carbons (Fsp3) is 0.412. The van der Waals surface area contributed by atoms with Crippen molar-refractivity contribution in [2.75, 3.05) is 13.2 Å². The second kappa shape index (κ2) is 7.32. The van der Waals surface area contributed by atoms with Gasteiger partial charge in [-0.1, -0.05) is 6.07 Å². The Bertz CT molecular complexity index is 757. The number of amides is 2. The van der Waals surface area contributed by atoms with E-state index in [4.69, 9.17) is 4.74 Å². The molecule has 140 valence electrons. The highest BCUT2D eigenvalue weighted by Gasteiger charge is 2.37. The van der Waals surface area contributed by atoms with Gasteiger partial charge in [0.05, 0.1) is 23.1 Å². The fourth-order valence-corrected chi connectivity index (χ4v) is 3.68. The van der Waals surface area contributed by atoms with Gasteiger partial charge < -0.3 is 9.84 Å². The van der Waals surface area contributed by atoms with Crippen LogP contribution in [0.25, 0.3) is 6.08 Å². The molecule has 2 amide bonds. The minimum Gasteiger partial charge on any atom is -0.507 e. The average molecular weight is 387 g/mol. The van der Waals surface area contributed by atoms with Crippen LogP contribution in [0.5, 0.6) is 5.75 Å². The number of ether oxygens (including phenoxy) is 1. The second-order valence-corrected chi connectivity index (χ2v) is 7.05. The smallest absolute Gasteiger partial charge is 0.419 e. The summed E-state index contributed by atoms with van der Waals surface area (Å²) in [6, 6.07) is 2.91. The first-order chi connectivity index (χ1) is 12.3. The summed E-state index contributed by atoms with van der Waals surface area (Å²) in [6.45, 7) is 0.732. The molecule has 0 aliphatic carbocycles. The van der Waals surface area contributed by atoms with Crippen molar-refractivity contribution in [2.45, 2.75) is 31.5 Å². The highest BCUT2D eigenvalue weighted by Crippen LogP contribution is 2.38. The summed E-state index contributed by atoms with van der Waals surface area (Å²) in [5, 5.41) is 8.89. The van der Waals surface area contributed by atoms with Gasteiger partial charge >= 0.3 is 6.18 Å². The summed E-state index contributed by atoms with van der Waals surface area (Å²) in [7, 11) is 0. The zero-order chi connectivity index (χ0) is 18.9. The van der Waals surface area contributed by atoms with Gasteiger partial charge in [0.2, 0.25) is 0 Å². The summed E-state index contributed by atoms with van der Waals surface area (Å²) >= 11 is 0.682. The molecule has 3 rings (SSSR count). The molecule has 2 fully saturated rings. The Morgan fingerprint density at radius 2 is 2.08 bits per heavy atom. The fourth-order valence-electron chi connectivity index (χ4n) is 2.83. The van der Waals surface area contributed by atoms with Crippen molar-refractivity contribution in [3.63, 3.8) is 0 Å². The molecule has 9 heteroatoms. The third-order valence-corrected chi connectivity index (χ3v) is 5.06. The monoisotopic (exact) mass is 387 g/mol. The van der Waals surface area contributed by atoms with Crippen molar-refractivity contribution in [3.8, 4) is 5.75 Å². The summed E-state index contributed by atoms with van der Waals surface area (Å²) in [5.74, 6) is -1.44. The number of alkyl halides is 3. The van der Waals surface area contributed by atoms with E-state index in [-0.39, 0.29) is 23.1 Å². The van der Waals surface area contributed by atoms with Crippen LogP contribution >= 0.6 is 11.8 Å². The lowest BCUT2D eigenvalue weighted by atomic mass is 10.1. The third kappa shape index (κ3) is 4.04. The van der Waals surface area contributed by atoms with Crippen LogP contribution in [-0.2, 0) is 15.7 Å². The number of halogens is 3. The summed E-state index contributed by atoms with van der Waals surface area (Å²) in [6.07, 6.45) is -1.03. The first-order valence-electron chi connectivity index (χ1n) is 8.03. The first-order valence-corrected chi connectivity index (χ1v) is 8.84. The molecule has 0 bridgehead atoms. The van der Waals surface area contributed by atoms with E-state index in [1.54, 1.807) is 0 Å². The number of imide groups is 1. The highest BCUT2D eigenvalue weighted by molar-refractivity contribution is 8.18. The van der Waals surface area contributed by atoms with Crippen molar-refractivity contribution in [1.82, 2.24) is 4.90 Å². The number of hydrogen-bond donors (Lipinski definition) is 1. The molecule has 1 aromatic rings. The van der Waals surface area contributed by atoms with Crippen LogP contribution < -0.4 is 0 Å². The van der Waals surface area contributed by atoms with Crippen molar-refractivity contribution >= 4 is 29.0 Å². The topological polar surface area (TPSA) is 66.8 Å². The molecule has 5 nitrogen and oxygen atoms in total. The molecule has 1 N–H and O–H groups in total. The number of phenols is 1. The lowest BCUT2D eigenvalue weighted by Crippen LogP contribution is -2.38. The van der Waals surface area contributed by atoms with E-state index in [1.165, 1.54) is 12.1 Å². The minimum atomic E-state index is -4.72. The Labute approximate surface area is 151 Å². The lowest BCUT2D eigenvalue weighted by molar-refractivity contribution is -0.138. The SMILES string of the molecule is O=C1S/C(=C/c2ccc(O)c(C(F)(F)F)c2)C(=O)N1CC1CCCCO1. The predicted molar refractivity (Wildman–Crippen MR) is 89.4 cm³/mol. The van der Waals surface area contributed by atoms with Gasteiger partial charge in [0.15, 0.2) is 0 Å². The van der Waals surface area contributed by atoms with Crippen LogP contribution in [0.3, 0.4) is 0 Å². The number of rotatable bonds is 3. The Morgan fingerprint density at radius 3 is 2.73 bits per heavy atom. The van der Waals surface area contributed by atoms with Gasteiger partial charge in [-0.15, -0.1) is 0 Å². The molecule has 1 unspecified atom stereocenters. The van der Waals surface area contributed by atoms with E-state index < -0.39 is 28.6 Å². The number of benzene rings is 1.